The number of unbranched alkanes of at least 4 members (excludes halogenated alkanes) is 1. The highest BCUT2D eigenvalue weighted by molar-refractivity contribution is 5.91. The van der Waals surface area contributed by atoms with Crippen molar-refractivity contribution < 1.29 is 9.53 Å². The van der Waals surface area contributed by atoms with Crippen LogP contribution in [0.25, 0.3) is 0 Å². The fourth-order valence-electron chi connectivity index (χ4n) is 2.00. The summed E-state index contributed by atoms with van der Waals surface area (Å²) in [5, 5.41) is 14.0. The standard InChI is InChI=1S/C17H22N4O2/c1-3-4-11-18-15-9-10-16(21-20-15)19-17(22)12-13-5-7-14(23-2)8-6-13/h5-10H,3-4,11-12H2,1-2H3,(H,18,20)(H,19,21,22). The molecule has 0 aliphatic carbocycles. The molecule has 2 rings (SSSR count). The van der Waals surface area contributed by atoms with Gasteiger partial charge in [0.2, 0.25) is 5.91 Å². The van der Waals surface area contributed by atoms with Crippen molar-refractivity contribution in [3.05, 3.63) is 42.0 Å². The Morgan fingerprint density at radius 1 is 1.09 bits per heavy atom. The zero-order valence-electron chi connectivity index (χ0n) is 13.5. The molecule has 0 spiro atoms. The summed E-state index contributed by atoms with van der Waals surface area (Å²) in [7, 11) is 1.61. The molecular formula is C17H22N4O2. The highest BCUT2D eigenvalue weighted by Gasteiger charge is 2.06. The van der Waals surface area contributed by atoms with Gasteiger partial charge < -0.3 is 15.4 Å². The topological polar surface area (TPSA) is 76.1 Å². The first-order valence-corrected chi connectivity index (χ1v) is 7.71. The summed E-state index contributed by atoms with van der Waals surface area (Å²) >= 11 is 0. The average Bonchev–Trinajstić information content (AvgIpc) is 2.57. The van der Waals surface area contributed by atoms with Crippen molar-refractivity contribution in [2.45, 2.75) is 26.2 Å². The number of carbonyl (C=O) groups is 1. The number of aromatic nitrogens is 2. The summed E-state index contributed by atoms with van der Waals surface area (Å²) in [5.41, 5.74) is 0.911. The van der Waals surface area contributed by atoms with Crippen LogP contribution in [0.2, 0.25) is 0 Å². The minimum Gasteiger partial charge on any atom is -0.497 e. The van der Waals surface area contributed by atoms with Crippen LogP contribution in [0.3, 0.4) is 0 Å². The predicted molar refractivity (Wildman–Crippen MR) is 90.8 cm³/mol. The highest BCUT2D eigenvalue weighted by Crippen LogP contribution is 2.12. The Bertz CT molecular complexity index is 611. The van der Waals surface area contributed by atoms with E-state index in [4.69, 9.17) is 4.74 Å². The molecule has 0 radical (unpaired) electrons. The summed E-state index contributed by atoms with van der Waals surface area (Å²) in [6.45, 7) is 3.00. The molecular weight excluding hydrogens is 292 g/mol. The van der Waals surface area contributed by atoms with Crippen LogP contribution in [0.5, 0.6) is 5.75 Å². The van der Waals surface area contributed by atoms with E-state index in [1.54, 1.807) is 13.2 Å². The van der Waals surface area contributed by atoms with Crippen molar-refractivity contribution in [1.82, 2.24) is 10.2 Å². The zero-order chi connectivity index (χ0) is 16.5. The fourth-order valence-corrected chi connectivity index (χ4v) is 2.00. The van der Waals surface area contributed by atoms with E-state index in [0.717, 1.165) is 30.7 Å². The van der Waals surface area contributed by atoms with Gasteiger partial charge in [0.25, 0.3) is 0 Å². The monoisotopic (exact) mass is 314 g/mol. The number of ether oxygens (including phenoxy) is 1. The molecule has 0 aliphatic rings. The van der Waals surface area contributed by atoms with Crippen LogP contribution < -0.4 is 15.4 Å². The molecule has 6 heteroatoms. The molecule has 1 amide bonds. The lowest BCUT2D eigenvalue weighted by molar-refractivity contribution is -0.115. The Balaban J connectivity index is 1.84. The molecule has 1 aromatic carbocycles. The first-order chi connectivity index (χ1) is 11.2. The van der Waals surface area contributed by atoms with E-state index < -0.39 is 0 Å². The second-order valence-electron chi connectivity index (χ2n) is 5.16. The number of benzene rings is 1. The molecule has 1 heterocycles. The van der Waals surface area contributed by atoms with E-state index in [9.17, 15) is 4.79 Å². The van der Waals surface area contributed by atoms with Crippen LogP contribution in [0.4, 0.5) is 11.6 Å². The number of carbonyl (C=O) groups excluding carboxylic acids is 1. The third-order valence-electron chi connectivity index (χ3n) is 3.29. The number of amides is 1. The van der Waals surface area contributed by atoms with E-state index in [0.29, 0.717) is 11.6 Å². The van der Waals surface area contributed by atoms with Crippen molar-refractivity contribution in [3.63, 3.8) is 0 Å². The first-order valence-electron chi connectivity index (χ1n) is 7.71. The lowest BCUT2D eigenvalue weighted by atomic mass is 10.1. The molecule has 2 aromatic rings. The van der Waals surface area contributed by atoms with Crippen LogP contribution in [0, 0.1) is 0 Å². The van der Waals surface area contributed by atoms with Crippen LogP contribution in [0.15, 0.2) is 36.4 Å². The van der Waals surface area contributed by atoms with Crippen molar-refractivity contribution in [2.75, 3.05) is 24.3 Å². The molecule has 0 aliphatic heterocycles. The van der Waals surface area contributed by atoms with E-state index in [2.05, 4.69) is 27.8 Å². The molecule has 0 fully saturated rings. The number of nitrogens with one attached hydrogen (secondary N) is 2. The maximum absolute atomic E-state index is 12.0. The first kappa shape index (κ1) is 16.7. The van der Waals surface area contributed by atoms with Gasteiger partial charge >= 0.3 is 0 Å². The summed E-state index contributed by atoms with van der Waals surface area (Å²) in [5.74, 6) is 1.80. The van der Waals surface area contributed by atoms with Gasteiger partial charge in [0.15, 0.2) is 5.82 Å². The number of hydrogen-bond donors (Lipinski definition) is 2. The van der Waals surface area contributed by atoms with Gasteiger partial charge in [-0.1, -0.05) is 25.5 Å². The molecule has 0 unspecified atom stereocenters. The maximum Gasteiger partial charge on any atom is 0.229 e. The van der Waals surface area contributed by atoms with E-state index >= 15 is 0 Å². The van der Waals surface area contributed by atoms with Crippen LogP contribution in [-0.2, 0) is 11.2 Å². The molecule has 0 saturated heterocycles. The highest BCUT2D eigenvalue weighted by atomic mass is 16.5. The number of anilines is 2. The molecule has 2 N–H and O–H groups in total. The van der Waals surface area contributed by atoms with Gasteiger partial charge in [-0.15, -0.1) is 10.2 Å². The van der Waals surface area contributed by atoms with Gasteiger partial charge in [-0.3, -0.25) is 4.79 Å². The zero-order valence-corrected chi connectivity index (χ0v) is 13.5. The minimum absolute atomic E-state index is 0.129. The molecule has 0 atom stereocenters. The minimum atomic E-state index is -0.129. The smallest absolute Gasteiger partial charge is 0.229 e. The Hall–Kier alpha value is -2.63. The lowest BCUT2D eigenvalue weighted by Gasteiger charge is -2.07. The second kappa shape index (κ2) is 8.73. The molecule has 6 nitrogen and oxygen atoms in total. The fraction of sp³-hybridized carbons (Fsp3) is 0.353. The van der Waals surface area contributed by atoms with Gasteiger partial charge in [0.1, 0.15) is 11.6 Å². The van der Waals surface area contributed by atoms with E-state index in [-0.39, 0.29) is 12.3 Å². The normalized spacial score (nSPS) is 10.2. The van der Waals surface area contributed by atoms with Gasteiger partial charge in [-0.05, 0) is 36.2 Å². The summed E-state index contributed by atoms with van der Waals surface area (Å²) in [4.78, 5) is 12.0. The predicted octanol–water partition coefficient (Wildman–Crippen LogP) is 2.88. The number of hydrogen-bond acceptors (Lipinski definition) is 5. The molecule has 0 bridgehead atoms. The maximum atomic E-state index is 12.0. The third kappa shape index (κ3) is 5.58. The molecule has 0 saturated carbocycles. The van der Waals surface area contributed by atoms with Gasteiger partial charge in [0.05, 0.1) is 13.5 Å². The van der Waals surface area contributed by atoms with Crippen molar-refractivity contribution in [2.24, 2.45) is 0 Å². The van der Waals surface area contributed by atoms with Gasteiger partial charge in [-0.25, -0.2) is 0 Å². The largest absolute Gasteiger partial charge is 0.497 e. The Kier molecular flexibility index (Phi) is 6.35. The molecule has 23 heavy (non-hydrogen) atoms. The average molecular weight is 314 g/mol. The van der Waals surface area contributed by atoms with E-state index in [1.807, 2.05) is 30.3 Å². The Morgan fingerprint density at radius 2 is 1.78 bits per heavy atom. The lowest BCUT2D eigenvalue weighted by Crippen LogP contribution is -2.16. The van der Waals surface area contributed by atoms with Gasteiger partial charge in [0, 0.05) is 6.54 Å². The molecule has 122 valence electrons. The van der Waals surface area contributed by atoms with Gasteiger partial charge in [-0.2, -0.15) is 0 Å². The van der Waals surface area contributed by atoms with Crippen LogP contribution >= 0.6 is 0 Å². The van der Waals surface area contributed by atoms with Crippen molar-refractivity contribution >= 4 is 17.5 Å². The van der Waals surface area contributed by atoms with E-state index in [1.165, 1.54) is 0 Å². The SMILES string of the molecule is CCCCNc1ccc(NC(=O)Cc2ccc(OC)cc2)nn1. The van der Waals surface area contributed by atoms with Crippen molar-refractivity contribution in [3.8, 4) is 5.75 Å². The summed E-state index contributed by atoms with van der Waals surface area (Å²) < 4.78 is 5.09. The summed E-state index contributed by atoms with van der Waals surface area (Å²) in [6, 6.07) is 11.0. The quantitative estimate of drug-likeness (QED) is 0.733. The number of methoxy groups -OCH3 is 1. The van der Waals surface area contributed by atoms with Crippen LogP contribution in [-0.4, -0.2) is 29.8 Å². The number of nitrogens with zero attached hydrogens (tertiary/aromatic N) is 2. The number of rotatable bonds is 8. The molecule has 1 aromatic heterocycles. The third-order valence-corrected chi connectivity index (χ3v) is 3.29. The van der Waals surface area contributed by atoms with Crippen LogP contribution in [0.1, 0.15) is 25.3 Å². The Labute approximate surface area is 136 Å². The summed E-state index contributed by atoms with van der Waals surface area (Å²) in [6.07, 6.45) is 2.49. The second-order valence-corrected chi connectivity index (χ2v) is 5.16. The van der Waals surface area contributed by atoms with Crippen molar-refractivity contribution in [1.29, 1.82) is 0 Å². The Morgan fingerprint density at radius 3 is 2.39 bits per heavy atom.